The molecule has 2 atom stereocenters. The van der Waals surface area contributed by atoms with Crippen molar-refractivity contribution in [2.45, 2.75) is 64.9 Å². The Balaban J connectivity index is 0.000000175. The molecule has 10 N–H and O–H groups in total. The third-order valence-electron chi connectivity index (χ3n) is 15.5. The fourth-order valence-electron chi connectivity index (χ4n) is 9.85. The van der Waals surface area contributed by atoms with Crippen molar-refractivity contribution >= 4 is 204 Å². The quantitative estimate of drug-likeness (QED) is 0.0148. The number of rotatable bonds is 20. The molecule has 14 heterocycles. The minimum atomic E-state index is -1.21. The van der Waals surface area contributed by atoms with Gasteiger partial charge in [0.25, 0.3) is 11.8 Å². The monoisotopic (exact) mass is 1680 g/mol. The van der Waals surface area contributed by atoms with Gasteiger partial charge in [0.15, 0.2) is 0 Å². The minimum absolute atomic E-state index is 0. The summed E-state index contributed by atoms with van der Waals surface area (Å²) in [6.07, 6.45) is 12.1. The number of hydrogen-bond donors (Lipinski definition) is 9. The number of pyridine rings is 7. The van der Waals surface area contributed by atoms with Gasteiger partial charge in [-0.2, -0.15) is 5.26 Å². The molecule has 15 rings (SSSR count). The van der Waals surface area contributed by atoms with Gasteiger partial charge in [0.1, 0.15) is 24.8 Å². The van der Waals surface area contributed by atoms with Gasteiger partial charge in [-0.3, -0.25) is 49.3 Å². The number of carboxylic acids is 2. The zero-order valence-electron chi connectivity index (χ0n) is 60.7. The molecule has 28 nitrogen and oxygen atoms in total. The van der Waals surface area contributed by atoms with E-state index in [4.69, 9.17) is 47.4 Å². The molecule has 0 aliphatic carbocycles. The molecule has 0 saturated carbocycles. The van der Waals surface area contributed by atoms with E-state index >= 15 is 0 Å². The average Bonchev–Trinajstić information content (AvgIpc) is 1.67. The second-order valence-corrected chi connectivity index (χ2v) is 30.3. The van der Waals surface area contributed by atoms with E-state index in [0.717, 1.165) is 79.5 Å². The zero-order valence-corrected chi connectivity index (χ0v) is 67.1. The summed E-state index contributed by atoms with van der Waals surface area (Å²) in [5, 5.41) is 80.7. The second-order valence-electron chi connectivity index (χ2n) is 23.1. The molecule has 0 fully saturated rings. The number of aliphatic hydroxyl groups excluding tert-OH is 4. The number of aliphatic hydroxyl groups is 4. The summed E-state index contributed by atoms with van der Waals surface area (Å²) < 4.78 is 21.3. The van der Waals surface area contributed by atoms with Crippen molar-refractivity contribution < 1.29 is 97.3 Å². The first kappa shape index (κ1) is 88.8. The summed E-state index contributed by atoms with van der Waals surface area (Å²) >= 11 is 15.6. The molecule has 0 radical (unpaired) electrons. The van der Waals surface area contributed by atoms with Crippen molar-refractivity contribution in [3.63, 3.8) is 0 Å². The molecular weight excluding hydrogens is 1620 g/mol. The maximum absolute atomic E-state index is 12.7. The number of alkyl carbamates (subject to hydrolysis) is 1. The van der Waals surface area contributed by atoms with Gasteiger partial charge in [-0.1, -0.05) is 55.3 Å². The van der Waals surface area contributed by atoms with E-state index in [2.05, 4.69) is 61.6 Å². The van der Waals surface area contributed by atoms with Crippen LogP contribution in [0.2, 0.25) is 5.02 Å². The number of nitriles is 1. The number of aromatic carboxylic acids is 1. The summed E-state index contributed by atoms with van der Waals surface area (Å²) in [5.74, 6) is -4.20. The molecule has 0 saturated heterocycles. The number of methoxy groups -OCH3 is 1. The number of benzene rings is 1. The zero-order chi connectivity index (χ0) is 80.8. The third-order valence-corrected chi connectivity index (χ3v) is 23.3. The van der Waals surface area contributed by atoms with Gasteiger partial charge in [-0.05, 0) is 141 Å². The van der Waals surface area contributed by atoms with E-state index in [9.17, 15) is 48.9 Å². The van der Waals surface area contributed by atoms with E-state index in [1.54, 1.807) is 126 Å². The third kappa shape index (κ3) is 24.6. The van der Waals surface area contributed by atoms with Crippen molar-refractivity contribution in [2.75, 3.05) is 26.8 Å². The number of nitrogens with one attached hydrogen (secondary N) is 3. The molecule has 14 aromatic heterocycles. The first-order chi connectivity index (χ1) is 54.8. The maximum atomic E-state index is 12.7. The molecule has 0 unspecified atom stereocenters. The molecule has 582 valence electrons. The van der Waals surface area contributed by atoms with E-state index in [1.807, 2.05) is 89.1 Å². The minimum Gasteiger partial charge on any atom is -0.544 e. The van der Waals surface area contributed by atoms with Gasteiger partial charge in [0.2, 0.25) is 0 Å². The summed E-state index contributed by atoms with van der Waals surface area (Å²) in [6.45, 7) is 1.57. The number of aliphatic carboxylic acids is 1. The van der Waals surface area contributed by atoms with Crippen LogP contribution in [0.3, 0.4) is 0 Å². The first-order valence-electron chi connectivity index (χ1n) is 33.7. The molecule has 0 aliphatic heterocycles. The summed E-state index contributed by atoms with van der Waals surface area (Å²) in [4.78, 5) is 112. The SMILES string of the molecule is CCCCOC(=O)[C@@H](CNC(=O)c1cc2nccc(CO)c2s1)NC(=O)OCc1ccccc1.COC(=O)c1ccnc2ccsc12.Clc1ccnc2ccsc12.N#Cc1ccnc2ccsc12.N[C@H](CNC(=O)c1cc2nccc(CO)c2s1)C(=O)O.O=C([O-])c1cc2nccc(CO)c2s1.OCc1ccnc2ccsc12.[Li+]. The Hall–Kier alpha value is -10.7. The van der Waals surface area contributed by atoms with E-state index < -0.39 is 47.9 Å². The molecule has 3 amide bonds. The molecule has 1 aromatic carbocycles. The smallest absolute Gasteiger partial charge is 0.544 e. The van der Waals surface area contributed by atoms with E-state index in [-0.39, 0.29) is 82.4 Å². The Morgan fingerprint density at radius 2 is 0.974 bits per heavy atom. The predicted octanol–water partition coefficient (Wildman–Crippen LogP) is 9.23. The average molecular weight is 1680 g/mol. The molecule has 15 aromatic rings. The van der Waals surface area contributed by atoms with Crippen LogP contribution in [0.5, 0.6) is 0 Å². The van der Waals surface area contributed by atoms with E-state index in [1.165, 1.54) is 47.2 Å². The number of halogens is 1. The van der Waals surface area contributed by atoms with Gasteiger partial charge in [-0.25, -0.2) is 14.4 Å². The number of fused-ring (bicyclic) bond motifs is 7. The maximum Gasteiger partial charge on any atom is 1.00 e. The number of carboxylic acid groups (broad SMARTS) is 2. The number of hydrogen-bond acceptors (Lipinski definition) is 31. The number of nitrogens with two attached hydrogens (primary N) is 1. The number of carbonyl (C=O) groups excluding carboxylic acids is 6. The van der Waals surface area contributed by atoms with Crippen LogP contribution >= 0.6 is 91.0 Å². The topological polar surface area (TPSA) is 448 Å². The fourth-order valence-corrected chi connectivity index (χ4v) is 16.4. The Labute approximate surface area is 694 Å². The van der Waals surface area contributed by atoms with Gasteiger partial charge >= 0.3 is 42.9 Å². The van der Waals surface area contributed by atoms with Crippen molar-refractivity contribution in [1.29, 1.82) is 5.26 Å². The molecule has 0 spiro atoms. The van der Waals surface area contributed by atoms with Crippen LogP contribution < -0.4 is 45.7 Å². The normalized spacial score (nSPS) is 11.0. The van der Waals surface area contributed by atoms with Crippen LogP contribution in [0.25, 0.3) is 71.5 Å². The number of carbonyl (C=O) groups is 7. The largest absolute Gasteiger partial charge is 1.00 e. The molecular formula is C77H68ClLiN12O16S7. The number of nitrogens with zero attached hydrogens (tertiary/aromatic N) is 8. The first-order valence-corrected chi connectivity index (χ1v) is 40.0. The number of ether oxygens (including phenoxy) is 3. The molecule has 37 heteroatoms. The Bertz CT molecular complexity index is 5790. The number of esters is 2. The van der Waals surface area contributed by atoms with Crippen molar-refractivity contribution in [3.8, 4) is 6.07 Å². The molecule has 0 bridgehead atoms. The predicted molar refractivity (Wildman–Crippen MR) is 436 cm³/mol. The number of aromatic nitrogens is 7. The van der Waals surface area contributed by atoms with Crippen molar-refractivity contribution in [1.82, 2.24) is 50.8 Å². The Morgan fingerprint density at radius 3 is 1.46 bits per heavy atom. The van der Waals surface area contributed by atoms with E-state index in [0.29, 0.717) is 69.9 Å². The second kappa shape index (κ2) is 45.2. The van der Waals surface area contributed by atoms with Crippen LogP contribution in [0.1, 0.15) is 92.5 Å². The summed E-state index contributed by atoms with van der Waals surface area (Å²) in [5.41, 5.74) is 15.9. The van der Waals surface area contributed by atoms with Crippen LogP contribution in [-0.2, 0) is 56.8 Å². The van der Waals surface area contributed by atoms with Gasteiger partial charge in [0.05, 0.1) is 148 Å². The summed E-state index contributed by atoms with van der Waals surface area (Å²) in [7, 11) is 1.38. The standard InChI is InChI=1S/C24H27N3O6S.C12H13N3O4S.C9H7NO3S.C9H7NO2S.C8H4N2S.C8H7NOS.C7H4ClNS.Li/c1-2-3-11-32-23(30)19(27-24(31)33-15-16-7-5-4-6-8-16)13-26-22(29)20-12-18-21(34-20)17(14-28)9-10-25-18;13-7(12(18)19)4-15-11(17)9-3-8-10(20-9)6(5-16)1-2-14-8;11-4-5-1-2-10-6-3-7(9(12)13)14-8(5)6;1-12-9(11)6-2-4-10-7-3-5-13-8(6)7;9-5-6-1-3-10-7-2-4-11-8(6)7;10-5-6-1-3-9-7-2-4-11-8(6)7;8-5-1-3-9-6-2-4-10-7(5)6;/h4-10,12,19,28H,2-3,11,13-15H2,1H3,(H,26,29)(H,27,31);1-3,7,16H,4-5,13H2,(H,15,17)(H,18,19);1-3,11H,4H2,(H,12,13);2-5H,1H3;1-4H;1-4,10H,5H2;1-4H;/q;;;;;;;+1/p-1/t19-;7-;;;;;;/m11....../s1. The van der Waals surface area contributed by atoms with Gasteiger partial charge < -0.3 is 71.3 Å². The van der Waals surface area contributed by atoms with Crippen molar-refractivity contribution in [3.05, 3.63) is 239 Å². The van der Waals surface area contributed by atoms with Gasteiger partial charge in [0, 0.05) is 56.5 Å². The fraction of sp³-hybridized carbons (Fsp3) is 0.182. The van der Waals surface area contributed by atoms with Crippen molar-refractivity contribution in [2.24, 2.45) is 5.73 Å². The number of thiophene rings is 7. The Morgan fingerprint density at radius 1 is 0.544 bits per heavy atom. The Kier molecular flexibility index (Phi) is 35.2. The van der Waals surface area contributed by atoms with Crippen LogP contribution in [0.4, 0.5) is 4.79 Å². The van der Waals surface area contributed by atoms with Crippen LogP contribution in [0, 0.1) is 11.3 Å². The van der Waals surface area contributed by atoms with Crippen LogP contribution in [-0.4, -0.2) is 141 Å². The van der Waals surface area contributed by atoms with Gasteiger partial charge in [-0.15, -0.1) is 79.4 Å². The van der Waals surface area contributed by atoms with Crippen LogP contribution in [0.15, 0.2) is 180 Å². The number of unbranched alkanes of at least 4 members (excludes halogenated alkanes) is 1. The molecule has 0 aliphatic rings. The molecule has 114 heavy (non-hydrogen) atoms. The number of amides is 3. The summed E-state index contributed by atoms with van der Waals surface area (Å²) in [6, 6.07) is 33.5.